The highest BCUT2D eigenvalue weighted by atomic mass is 79.9. The van der Waals surface area contributed by atoms with Crippen LogP contribution in [0, 0.1) is 0 Å². The van der Waals surface area contributed by atoms with Crippen molar-refractivity contribution in [2.45, 2.75) is 19.0 Å². The van der Waals surface area contributed by atoms with E-state index in [1.165, 1.54) is 12.0 Å². The second-order valence-electron chi connectivity index (χ2n) is 4.30. The summed E-state index contributed by atoms with van der Waals surface area (Å²) in [5.74, 6) is 0. The van der Waals surface area contributed by atoms with E-state index in [2.05, 4.69) is 33.2 Å². The summed E-state index contributed by atoms with van der Waals surface area (Å²) in [6, 6.07) is 6.60. The van der Waals surface area contributed by atoms with Gasteiger partial charge in [0.1, 0.15) is 0 Å². The Hall–Kier alpha value is -0.0900. The van der Waals surface area contributed by atoms with Crippen LogP contribution in [0.4, 0.5) is 0 Å². The normalized spacial score (nSPS) is 20.6. The van der Waals surface area contributed by atoms with E-state index in [-0.39, 0.29) is 0 Å². The molecule has 0 spiro atoms. The van der Waals surface area contributed by atoms with Crippen molar-refractivity contribution in [2.24, 2.45) is 0 Å². The predicted molar refractivity (Wildman–Crippen MR) is 71.9 cm³/mol. The highest BCUT2D eigenvalue weighted by Gasteiger charge is 2.19. The summed E-state index contributed by atoms with van der Waals surface area (Å²) in [4.78, 5) is 2.39. The van der Waals surface area contributed by atoms with Gasteiger partial charge in [0, 0.05) is 28.6 Å². The SMILES string of the molecule is CN(Cc1cc(Cl)ccc1Br)C1CCNC1. The molecule has 88 valence electrons. The van der Waals surface area contributed by atoms with Crippen molar-refractivity contribution in [1.29, 1.82) is 0 Å². The van der Waals surface area contributed by atoms with E-state index >= 15 is 0 Å². The summed E-state index contributed by atoms with van der Waals surface area (Å²) in [7, 11) is 2.17. The maximum atomic E-state index is 6.01. The minimum atomic E-state index is 0.644. The number of benzene rings is 1. The molecule has 2 nitrogen and oxygen atoms in total. The fourth-order valence-corrected chi connectivity index (χ4v) is 2.64. The summed E-state index contributed by atoms with van der Waals surface area (Å²) in [5.41, 5.74) is 1.25. The summed E-state index contributed by atoms with van der Waals surface area (Å²) in [6.45, 7) is 3.16. The van der Waals surface area contributed by atoms with Crippen LogP contribution in [0.5, 0.6) is 0 Å². The first-order chi connectivity index (χ1) is 7.66. The third kappa shape index (κ3) is 2.98. The number of hydrogen-bond donors (Lipinski definition) is 1. The standard InChI is InChI=1S/C12H16BrClN2/c1-16(11-4-5-15-7-11)8-9-6-10(14)2-3-12(9)13/h2-3,6,11,15H,4-5,7-8H2,1H3. The summed E-state index contributed by atoms with van der Waals surface area (Å²) >= 11 is 9.57. The Balaban J connectivity index is 2.04. The van der Waals surface area contributed by atoms with Gasteiger partial charge in [0.05, 0.1) is 0 Å². The molecule has 1 aromatic rings. The average molecular weight is 304 g/mol. The highest BCUT2D eigenvalue weighted by Crippen LogP contribution is 2.23. The van der Waals surface area contributed by atoms with E-state index in [0.717, 1.165) is 29.1 Å². The molecule has 0 radical (unpaired) electrons. The summed E-state index contributed by atoms with van der Waals surface area (Å²) in [5, 5.41) is 4.19. The molecular formula is C12H16BrClN2. The Kier molecular flexibility index (Phi) is 4.25. The van der Waals surface area contributed by atoms with Crippen molar-refractivity contribution in [3.05, 3.63) is 33.3 Å². The maximum absolute atomic E-state index is 6.01. The zero-order valence-corrected chi connectivity index (χ0v) is 11.7. The van der Waals surface area contributed by atoms with Gasteiger partial charge < -0.3 is 5.32 Å². The Morgan fingerprint density at radius 1 is 1.56 bits per heavy atom. The van der Waals surface area contributed by atoms with Gasteiger partial charge in [-0.3, -0.25) is 4.90 Å². The number of likely N-dealkylation sites (N-methyl/N-ethyl adjacent to an activating group) is 1. The second kappa shape index (κ2) is 5.50. The number of nitrogens with one attached hydrogen (secondary N) is 1. The molecule has 1 unspecified atom stereocenters. The summed E-state index contributed by atoms with van der Waals surface area (Å²) in [6.07, 6.45) is 1.23. The monoisotopic (exact) mass is 302 g/mol. The van der Waals surface area contributed by atoms with Gasteiger partial charge in [0.25, 0.3) is 0 Å². The van der Waals surface area contributed by atoms with Crippen molar-refractivity contribution in [2.75, 3.05) is 20.1 Å². The third-order valence-electron chi connectivity index (χ3n) is 3.09. The van der Waals surface area contributed by atoms with Gasteiger partial charge in [0.15, 0.2) is 0 Å². The number of halogens is 2. The van der Waals surface area contributed by atoms with Crippen LogP contribution in [0.1, 0.15) is 12.0 Å². The smallest absolute Gasteiger partial charge is 0.0410 e. The molecule has 1 heterocycles. The minimum Gasteiger partial charge on any atom is -0.315 e. The fraction of sp³-hybridized carbons (Fsp3) is 0.500. The molecule has 0 amide bonds. The van der Waals surface area contributed by atoms with Gasteiger partial charge in [0.2, 0.25) is 0 Å². The first-order valence-corrected chi connectivity index (χ1v) is 6.69. The van der Waals surface area contributed by atoms with E-state index in [0.29, 0.717) is 6.04 Å². The molecule has 16 heavy (non-hydrogen) atoms. The molecule has 1 aliphatic rings. The van der Waals surface area contributed by atoms with Crippen LogP contribution in [-0.2, 0) is 6.54 Å². The van der Waals surface area contributed by atoms with Crippen LogP contribution in [0.25, 0.3) is 0 Å². The lowest BCUT2D eigenvalue weighted by atomic mass is 10.1. The maximum Gasteiger partial charge on any atom is 0.0410 e. The van der Waals surface area contributed by atoms with Crippen LogP contribution in [0.15, 0.2) is 22.7 Å². The molecule has 2 rings (SSSR count). The zero-order valence-electron chi connectivity index (χ0n) is 9.34. The van der Waals surface area contributed by atoms with Crippen LogP contribution < -0.4 is 5.32 Å². The Morgan fingerprint density at radius 3 is 3.06 bits per heavy atom. The first kappa shape index (κ1) is 12.4. The fourth-order valence-electron chi connectivity index (χ4n) is 2.08. The topological polar surface area (TPSA) is 15.3 Å². The molecule has 1 aromatic carbocycles. The summed E-state index contributed by atoms with van der Waals surface area (Å²) < 4.78 is 1.13. The van der Waals surface area contributed by atoms with Crippen molar-refractivity contribution in [3.63, 3.8) is 0 Å². The van der Waals surface area contributed by atoms with Crippen molar-refractivity contribution >= 4 is 27.5 Å². The molecule has 0 aromatic heterocycles. The van der Waals surface area contributed by atoms with Gasteiger partial charge in [-0.2, -0.15) is 0 Å². The lowest BCUT2D eigenvalue weighted by molar-refractivity contribution is 0.248. The average Bonchev–Trinajstić information content (AvgIpc) is 2.76. The van der Waals surface area contributed by atoms with Gasteiger partial charge in [-0.05, 0) is 43.8 Å². The molecule has 1 atom stereocenters. The molecule has 1 N–H and O–H groups in total. The van der Waals surface area contributed by atoms with Crippen molar-refractivity contribution < 1.29 is 0 Å². The van der Waals surface area contributed by atoms with Crippen LogP contribution in [0.2, 0.25) is 5.02 Å². The van der Waals surface area contributed by atoms with E-state index < -0.39 is 0 Å². The molecule has 1 fully saturated rings. The number of rotatable bonds is 3. The predicted octanol–water partition coefficient (Wildman–Crippen LogP) is 2.90. The van der Waals surface area contributed by atoms with E-state index in [4.69, 9.17) is 11.6 Å². The van der Waals surface area contributed by atoms with E-state index in [1.807, 2.05) is 18.2 Å². The largest absolute Gasteiger partial charge is 0.315 e. The Bertz CT molecular complexity index is 364. The van der Waals surface area contributed by atoms with Gasteiger partial charge in [-0.1, -0.05) is 27.5 Å². The number of hydrogen-bond acceptors (Lipinski definition) is 2. The van der Waals surface area contributed by atoms with Gasteiger partial charge >= 0.3 is 0 Å². The second-order valence-corrected chi connectivity index (χ2v) is 5.59. The Labute approximate surface area is 110 Å². The molecule has 0 bridgehead atoms. The van der Waals surface area contributed by atoms with E-state index in [9.17, 15) is 0 Å². The van der Waals surface area contributed by atoms with Crippen LogP contribution >= 0.6 is 27.5 Å². The molecule has 0 saturated carbocycles. The van der Waals surface area contributed by atoms with E-state index in [1.54, 1.807) is 0 Å². The molecular weight excluding hydrogens is 288 g/mol. The first-order valence-electron chi connectivity index (χ1n) is 5.51. The lowest BCUT2D eigenvalue weighted by Crippen LogP contribution is -2.32. The molecule has 4 heteroatoms. The third-order valence-corrected chi connectivity index (χ3v) is 4.09. The van der Waals surface area contributed by atoms with Gasteiger partial charge in [-0.25, -0.2) is 0 Å². The molecule has 1 aliphatic heterocycles. The lowest BCUT2D eigenvalue weighted by Gasteiger charge is -2.24. The van der Waals surface area contributed by atoms with Crippen LogP contribution in [0.3, 0.4) is 0 Å². The highest BCUT2D eigenvalue weighted by molar-refractivity contribution is 9.10. The van der Waals surface area contributed by atoms with Crippen molar-refractivity contribution in [3.8, 4) is 0 Å². The van der Waals surface area contributed by atoms with Crippen LogP contribution in [-0.4, -0.2) is 31.1 Å². The molecule has 1 saturated heterocycles. The molecule has 0 aliphatic carbocycles. The minimum absolute atomic E-state index is 0.644. The van der Waals surface area contributed by atoms with Crippen molar-refractivity contribution in [1.82, 2.24) is 10.2 Å². The zero-order chi connectivity index (χ0) is 11.5. The van der Waals surface area contributed by atoms with Gasteiger partial charge in [-0.15, -0.1) is 0 Å². The quantitative estimate of drug-likeness (QED) is 0.924. The Morgan fingerprint density at radius 2 is 2.38 bits per heavy atom. The number of nitrogens with zero attached hydrogens (tertiary/aromatic N) is 1.